The summed E-state index contributed by atoms with van der Waals surface area (Å²) in [6.07, 6.45) is 5.06. The van der Waals surface area contributed by atoms with E-state index in [2.05, 4.69) is 30.4 Å². The third-order valence-electron chi connectivity index (χ3n) is 5.49. The Morgan fingerprint density at radius 3 is 2.79 bits per heavy atom. The van der Waals surface area contributed by atoms with Crippen LogP contribution >= 0.6 is 11.3 Å². The highest BCUT2D eigenvalue weighted by molar-refractivity contribution is 7.09. The second-order valence-corrected chi connectivity index (χ2v) is 8.19. The molecule has 0 aromatic carbocycles. The average molecular weight is 344 g/mol. The molecule has 0 unspecified atom stereocenters. The van der Waals surface area contributed by atoms with Crippen molar-refractivity contribution in [3.63, 3.8) is 0 Å². The minimum absolute atomic E-state index is 0.568. The summed E-state index contributed by atoms with van der Waals surface area (Å²) in [5.74, 6) is 3.67. The fraction of sp³-hybridized carbons (Fsp3) is 0.706. The lowest BCUT2D eigenvalue weighted by Gasteiger charge is -2.31. The van der Waals surface area contributed by atoms with E-state index in [1.807, 2.05) is 11.3 Å². The molecule has 0 spiro atoms. The highest BCUT2D eigenvalue weighted by atomic mass is 32.1. The normalized spacial score (nSPS) is 22.7. The van der Waals surface area contributed by atoms with Crippen LogP contribution in [0.1, 0.15) is 59.9 Å². The van der Waals surface area contributed by atoms with Crippen molar-refractivity contribution in [3.8, 4) is 0 Å². The number of nitrogens with zero attached hydrogens (tertiary/aromatic N) is 5. The second kappa shape index (κ2) is 6.20. The van der Waals surface area contributed by atoms with E-state index in [4.69, 9.17) is 4.98 Å². The summed E-state index contributed by atoms with van der Waals surface area (Å²) in [6, 6.07) is 0. The Kier molecular flexibility index (Phi) is 3.87. The van der Waals surface area contributed by atoms with Crippen LogP contribution < -0.4 is 5.32 Å². The number of aromatic nitrogens is 4. The molecule has 2 aliphatic heterocycles. The molecule has 1 saturated heterocycles. The lowest BCUT2D eigenvalue weighted by molar-refractivity contribution is 0.197. The van der Waals surface area contributed by atoms with E-state index in [1.165, 1.54) is 42.2 Å². The molecule has 0 atom stereocenters. The predicted octanol–water partition coefficient (Wildman–Crippen LogP) is 2.09. The summed E-state index contributed by atoms with van der Waals surface area (Å²) in [5.41, 5.74) is 1.27. The molecule has 1 N–H and O–H groups in total. The smallest absolute Gasteiger partial charge is 0.147 e. The number of hydrogen-bond acceptors (Lipinski definition) is 6. The SMILES string of the molecule is c1sc(C2CC2)nc1CN1CCC(c2nnc3n2CCNC3)CC1. The maximum atomic E-state index is 4.84. The molecular formula is C17H24N6S. The Morgan fingerprint density at radius 1 is 1.08 bits per heavy atom. The minimum Gasteiger partial charge on any atom is -0.312 e. The van der Waals surface area contributed by atoms with Gasteiger partial charge in [-0.25, -0.2) is 4.98 Å². The molecule has 2 fully saturated rings. The van der Waals surface area contributed by atoms with Gasteiger partial charge in [-0.3, -0.25) is 4.90 Å². The van der Waals surface area contributed by atoms with Crippen LogP contribution in [0.15, 0.2) is 5.38 Å². The van der Waals surface area contributed by atoms with Crippen LogP contribution in [0, 0.1) is 0 Å². The fourth-order valence-electron chi connectivity index (χ4n) is 3.91. The van der Waals surface area contributed by atoms with Gasteiger partial charge in [-0.05, 0) is 38.8 Å². The van der Waals surface area contributed by atoms with Gasteiger partial charge in [0.05, 0.1) is 17.2 Å². The Balaban J connectivity index is 1.20. The standard InChI is InChI=1S/C17H24N6S/c1-2-13(1)17-19-14(11-24-17)10-22-6-3-12(4-7-22)16-21-20-15-9-18-5-8-23(15)16/h11-13,18H,1-10H2. The maximum absolute atomic E-state index is 4.84. The van der Waals surface area contributed by atoms with Gasteiger partial charge < -0.3 is 9.88 Å². The van der Waals surface area contributed by atoms with E-state index < -0.39 is 0 Å². The molecule has 6 nitrogen and oxygen atoms in total. The minimum atomic E-state index is 0.568. The van der Waals surface area contributed by atoms with Crippen molar-refractivity contribution >= 4 is 11.3 Å². The first-order valence-electron chi connectivity index (χ1n) is 9.16. The van der Waals surface area contributed by atoms with Crippen LogP contribution in [0.5, 0.6) is 0 Å². The Hall–Kier alpha value is -1.31. The van der Waals surface area contributed by atoms with Gasteiger partial charge in [0, 0.05) is 36.9 Å². The highest BCUT2D eigenvalue weighted by Crippen LogP contribution is 2.41. The van der Waals surface area contributed by atoms with Gasteiger partial charge in [0.15, 0.2) is 0 Å². The van der Waals surface area contributed by atoms with Crippen molar-refractivity contribution in [2.24, 2.45) is 0 Å². The third kappa shape index (κ3) is 2.89. The monoisotopic (exact) mass is 344 g/mol. The van der Waals surface area contributed by atoms with Crippen molar-refractivity contribution in [2.75, 3.05) is 19.6 Å². The molecule has 2 aromatic heterocycles. The number of piperidine rings is 1. The van der Waals surface area contributed by atoms with Crippen molar-refractivity contribution in [1.82, 2.24) is 30.0 Å². The van der Waals surface area contributed by atoms with Crippen LogP contribution in [0.25, 0.3) is 0 Å². The lowest BCUT2D eigenvalue weighted by atomic mass is 9.95. The largest absolute Gasteiger partial charge is 0.312 e. The first-order valence-corrected chi connectivity index (χ1v) is 10.0. The van der Waals surface area contributed by atoms with Gasteiger partial charge in [0.2, 0.25) is 0 Å². The van der Waals surface area contributed by atoms with Crippen molar-refractivity contribution < 1.29 is 0 Å². The van der Waals surface area contributed by atoms with Crippen molar-refractivity contribution in [2.45, 2.75) is 57.2 Å². The quantitative estimate of drug-likeness (QED) is 0.920. The zero-order valence-corrected chi connectivity index (χ0v) is 14.8. The summed E-state index contributed by atoms with van der Waals surface area (Å²) < 4.78 is 2.35. The maximum Gasteiger partial charge on any atom is 0.147 e. The molecule has 128 valence electrons. The van der Waals surface area contributed by atoms with Crippen molar-refractivity contribution in [3.05, 3.63) is 27.7 Å². The second-order valence-electron chi connectivity index (χ2n) is 7.30. The Morgan fingerprint density at radius 2 is 1.96 bits per heavy atom. The van der Waals surface area contributed by atoms with Gasteiger partial charge in [-0.2, -0.15) is 0 Å². The van der Waals surface area contributed by atoms with Crippen LogP contribution in [0.4, 0.5) is 0 Å². The van der Waals surface area contributed by atoms with Crippen molar-refractivity contribution in [1.29, 1.82) is 0 Å². The van der Waals surface area contributed by atoms with E-state index in [-0.39, 0.29) is 0 Å². The molecule has 1 saturated carbocycles. The third-order valence-corrected chi connectivity index (χ3v) is 6.54. The molecule has 5 rings (SSSR count). The topological polar surface area (TPSA) is 58.9 Å². The number of nitrogens with one attached hydrogen (secondary N) is 1. The van der Waals surface area contributed by atoms with Crippen LogP contribution in [0.3, 0.4) is 0 Å². The fourth-order valence-corrected chi connectivity index (χ4v) is 4.89. The molecule has 4 heterocycles. The summed E-state index contributed by atoms with van der Waals surface area (Å²) in [6.45, 7) is 6.20. The van der Waals surface area contributed by atoms with Gasteiger partial charge in [-0.15, -0.1) is 21.5 Å². The van der Waals surface area contributed by atoms with E-state index in [0.717, 1.165) is 51.0 Å². The number of hydrogen-bond donors (Lipinski definition) is 1. The number of thiazole rings is 1. The molecule has 0 radical (unpaired) electrons. The Labute approximate surface area is 146 Å². The summed E-state index contributed by atoms with van der Waals surface area (Å²) in [5, 5.41) is 15.9. The first kappa shape index (κ1) is 15.0. The molecule has 1 aliphatic carbocycles. The summed E-state index contributed by atoms with van der Waals surface area (Å²) >= 11 is 1.86. The average Bonchev–Trinajstić information content (AvgIpc) is 3.22. The van der Waals surface area contributed by atoms with Crippen LogP contribution in [-0.4, -0.2) is 44.3 Å². The van der Waals surface area contributed by atoms with E-state index in [9.17, 15) is 0 Å². The molecular weight excluding hydrogens is 320 g/mol. The Bertz CT molecular complexity index is 710. The van der Waals surface area contributed by atoms with Gasteiger partial charge in [-0.1, -0.05) is 0 Å². The van der Waals surface area contributed by atoms with Gasteiger partial charge >= 0.3 is 0 Å². The predicted molar refractivity (Wildman–Crippen MR) is 93.1 cm³/mol. The highest BCUT2D eigenvalue weighted by Gasteiger charge is 2.29. The number of fused-ring (bicyclic) bond motifs is 1. The summed E-state index contributed by atoms with van der Waals surface area (Å²) in [4.78, 5) is 7.39. The number of rotatable bonds is 4. The first-order chi connectivity index (χ1) is 11.9. The van der Waals surface area contributed by atoms with E-state index in [1.54, 1.807) is 0 Å². The molecule has 7 heteroatoms. The summed E-state index contributed by atoms with van der Waals surface area (Å²) in [7, 11) is 0. The van der Waals surface area contributed by atoms with E-state index >= 15 is 0 Å². The molecule has 2 aromatic rings. The van der Waals surface area contributed by atoms with Crippen LogP contribution in [0.2, 0.25) is 0 Å². The molecule has 0 bridgehead atoms. The van der Waals surface area contributed by atoms with Crippen LogP contribution in [-0.2, 0) is 19.6 Å². The van der Waals surface area contributed by atoms with Gasteiger partial charge in [0.1, 0.15) is 11.6 Å². The molecule has 3 aliphatic rings. The zero-order chi connectivity index (χ0) is 15.9. The lowest BCUT2D eigenvalue weighted by Crippen LogP contribution is -2.34. The molecule has 0 amide bonds. The van der Waals surface area contributed by atoms with E-state index in [0.29, 0.717) is 5.92 Å². The number of likely N-dealkylation sites (tertiary alicyclic amines) is 1. The zero-order valence-electron chi connectivity index (χ0n) is 13.9. The van der Waals surface area contributed by atoms with Gasteiger partial charge in [0.25, 0.3) is 0 Å². The molecule has 24 heavy (non-hydrogen) atoms.